The smallest absolute Gasteiger partial charge is 0.303 e. The standard InChI is InChI=1S/C28H52N2O8/c31-19-11-15-27(33)30-18-13-21-37-23-25-38-24-22-36-20-12-17-29-26(32)14-9-7-5-3-1-2-4-6-8-10-16-28(34)35/h19H,1-18,20-25H2,(H,29,32)(H,30,33)(H,34,35). The molecule has 0 aromatic heterocycles. The maximum absolute atomic E-state index is 11.9. The fourth-order valence-electron chi connectivity index (χ4n) is 3.69. The Balaban J connectivity index is 3.20. The average molecular weight is 545 g/mol. The van der Waals surface area contributed by atoms with E-state index < -0.39 is 5.97 Å². The molecule has 2 amide bonds. The first-order valence-electron chi connectivity index (χ1n) is 14.5. The number of nitrogens with one attached hydrogen (secondary N) is 2. The quantitative estimate of drug-likeness (QED) is 0.0916. The highest BCUT2D eigenvalue weighted by molar-refractivity contribution is 5.78. The lowest BCUT2D eigenvalue weighted by molar-refractivity contribution is -0.137. The minimum Gasteiger partial charge on any atom is -0.481 e. The first kappa shape index (κ1) is 36.0. The second-order valence-electron chi connectivity index (χ2n) is 9.38. The molecule has 0 aliphatic rings. The number of carbonyl (C=O) groups excluding carboxylic acids is 3. The van der Waals surface area contributed by atoms with Gasteiger partial charge in [0.1, 0.15) is 6.29 Å². The zero-order valence-electron chi connectivity index (χ0n) is 23.4. The van der Waals surface area contributed by atoms with E-state index in [1.807, 2.05) is 0 Å². The number of carboxylic acids is 1. The maximum Gasteiger partial charge on any atom is 0.303 e. The van der Waals surface area contributed by atoms with Gasteiger partial charge in [-0.15, -0.1) is 0 Å². The summed E-state index contributed by atoms with van der Waals surface area (Å²) in [5.74, 6) is -0.709. The third-order valence-electron chi connectivity index (χ3n) is 5.85. The normalized spacial score (nSPS) is 10.8. The number of hydrogen-bond donors (Lipinski definition) is 3. The van der Waals surface area contributed by atoms with Crippen LogP contribution in [0.1, 0.15) is 103 Å². The van der Waals surface area contributed by atoms with Gasteiger partial charge < -0.3 is 34.7 Å². The summed E-state index contributed by atoms with van der Waals surface area (Å²) >= 11 is 0. The molecule has 3 N–H and O–H groups in total. The van der Waals surface area contributed by atoms with Crippen LogP contribution in [-0.4, -0.2) is 81.9 Å². The van der Waals surface area contributed by atoms with Crippen LogP contribution in [0.15, 0.2) is 0 Å². The van der Waals surface area contributed by atoms with Crippen LogP contribution >= 0.6 is 0 Å². The molecule has 0 aliphatic heterocycles. The Morgan fingerprint density at radius 2 is 0.921 bits per heavy atom. The van der Waals surface area contributed by atoms with Crippen molar-refractivity contribution in [2.45, 2.75) is 103 Å². The maximum atomic E-state index is 11.9. The first-order valence-corrected chi connectivity index (χ1v) is 14.5. The summed E-state index contributed by atoms with van der Waals surface area (Å²) in [6, 6.07) is 0. The number of hydrogen-bond acceptors (Lipinski definition) is 7. The molecule has 10 heteroatoms. The van der Waals surface area contributed by atoms with Gasteiger partial charge in [0.2, 0.25) is 11.8 Å². The van der Waals surface area contributed by atoms with Gasteiger partial charge in [0, 0.05) is 52.0 Å². The van der Waals surface area contributed by atoms with Gasteiger partial charge in [0.05, 0.1) is 26.4 Å². The zero-order chi connectivity index (χ0) is 27.9. The van der Waals surface area contributed by atoms with Crippen molar-refractivity contribution in [1.82, 2.24) is 10.6 Å². The molecular weight excluding hydrogens is 492 g/mol. The van der Waals surface area contributed by atoms with Gasteiger partial charge in [-0.2, -0.15) is 0 Å². The molecule has 38 heavy (non-hydrogen) atoms. The number of unbranched alkanes of at least 4 members (excludes halogenated alkanes) is 9. The molecule has 0 rings (SSSR count). The van der Waals surface area contributed by atoms with Crippen molar-refractivity contribution in [3.05, 3.63) is 0 Å². The van der Waals surface area contributed by atoms with Crippen LogP contribution in [0.5, 0.6) is 0 Å². The molecule has 0 spiro atoms. The van der Waals surface area contributed by atoms with E-state index in [1.54, 1.807) is 0 Å². The lowest BCUT2D eigenvalue weighted by atomic mass is 10.1. The minimum atomic E-state index is -0.701. The largest absolute Gasteiger partial charge is 0.481 e. The van der Waals surface area contributed by atoms with E-state index in [9.17, 15) is 19.2 Å². The Hall–Kier alpha value is -2.04. The Labute approximate surface area is 228 Å². The van der Waals surface area contributed by atoms with Gasteiger partial charge in [-0.25, -0.2) is 0 Å². The van der Waals surface area contributed by atoms with Crippen molar-refractivity contribution < 1.29 is 38.5 Å². The highest BCUT2D eigenvalue weighted by Crippen LogP contribution is 2.12. The molecular formula is C28H52N2O8. The SMILES string of the molecule is O=CCCC(=O)NCCCOCCOCCOCCCNC(=O)CCCCCCCCCCCCC(=O)O. The predicted molar refractivity (Wildman–Crippen MR) is 146 cm³/mol. The lowest BCUT2D eigenvalue weighted by Gasteiger charge is -2.08. The van der Waals surface area contributed by atoms with Gasteiger partial charge in [0.15, 0.2) is 0 Å². The number of carbonyl (C=O) groups is 4. The van der Waals surface area contributed by atoms with Gasteiger partial charge in [-0.1, -0.05) is 51.4 Å². The van der Waals surface area contributed by atoms with E-state index in [2.05, 4.69) is 10.6 Å². The molecule has 222 valence electrons. The molecule has 0 unspecified atom stereocenters. The van der Waals surface area contributed by atoms with Crippen LogP contribution in [0.2, 0.25) is 0 Å². The van der Waals surface area contributed by atoms with Gasteiger partial charge in [-0.05, 0) is 25.7 Å². The molecule has 10 nitrogen and oxygen atoms in total. The van der Waals surface area contributed by atoms with Gasteiger partial charge >= 0.3 is 5.97 Å². The summed E-state index contributed by atoms with van der Waals surface area (Å²) in [5.41, 5.74) is 0. The van der Waals surface area contributed by atoms with E-state index in [-0.39, 0.29) is 31.1 Å². The highest BCUT2D eigenvalue weighted by Gasteiger charge is 2.02. The summed E-state index contributed by atoms with van der Waals surface area (Å²) < 4.78 is 16.4. The fraction of sp³-hybridized carbons (Fsp3) is 0.857. The van der Waals surface area contributed by atoms with Crippen LogP contribution in [0.25, 0.3) is 0 Å². The molecule has 0 aliphatic carbocycles. The highest BCUT2D eigenvalue weighted by atomic mass is 16.5. The second-order valence-corrected chi connectivity index (χ2v) is 9.38. The van der Waals surface area contributed by atoms with Crippen molar-refractivity contribution in [3.63, 3.8) is 0 Å². The number of carboxylic acid groups (broad SMARTS) is 1. The molecule has 0 radical (unpaired) electrons. The van der Waals surface area contributed by atoms with Crippen LogP contribution in [0, 0.1) is 0 Å². The van der Waals surface area contributed by atoms with E-state index >= 15 is 0 Å². The van der Waals surface area contributed by atoms with E-state index in [1.165, 1.54) is 25.7 Å². The summed E-state index contributed by atoms with van der Waals surface area (Å²) in [6.07, 6.45) is 14.5. The topological polar surface area (TPSA) is 140 Å². The average Bonchev–Trinajstić information content (AvgIpc) is 2.90. The van der Waals surface area contributed by atoms with Crippen LogP contribution in [0.3, 0.4) is 0 Å². The Bertz CT molecular complexity index is 589. The molecule has 0 aromatic carbocycles. The lowest BCUT2D eigenvalue weighted by Crippen LogP contribution is -2.25. The number of amides is 2. The zero-order valence-corrected chi connectivity index (χ0v) is 23.4. The third-order valence-corrected chi connectivity index (χ3v) is 5.85. The summed E-state index contributed by atoms with van der Waals surface area (Å²) in [4.78, 5) is 43.8. The monoisotopic (exact) mass is 544 g/mol. The van der Waals surface area contributed by atoms with Crippen molar-refractivity contribution >= 4 is 24.1 Å². The molecule has 0 bridgehead atoms. The number of ether oxygens (including phenoxy) is 3. The molecule has 0 heterocycles. The molecule has 0 fully saturated rings. The summed E-state index contributed by atoms with van der Waals surface area (Å²) in [6.45, 7) is 4.26. The summed E-state index contributed by atoms with van der Waals surface area (Å²) in [7, 11) is 0. The van der Waals surface area contributed by atoms with Gasteiger partial charge in [-0.3, -0.25) is 14.4 Å². The number of aldehydes is 1. The minimum absolute atomic E-state index is 0.106. The fourth-order valence-corrected chi connectivity index (χ4v) is 3.69. The van der Waals surface area contributed by atoms with E-state index in [0.29, 0.717) is 65.6 Å². The van der Waals surface area contributed by atoms with E-state index in [4.69, 9.17) is 19.3 Å². The number of aliphatic carboxylic acids is 1. The van der Waals surface area contributed by atoms with Crippen LogP contribution < -0.4 is 10.6 Å². The molecule has 0 atom stereocenters. The second kappa shape index (κ2) is 29.5. The van der Waals surface area contributed by atoms with Crippen LogP contribution in [-0.2, 0) is 33.4 Å². The van der Waals surface area contributed by atoms with Crippen molar-refractivity contribution in [2.24, 2.45) is 0 Å². The third kappa shape index (κ3) is 30.2. The Morgan fingerprint density at radius 3 is 1.37 bits per heavy atom. The first-order chi connectivity index (χ1) is 18.6. The molecule has 0 saturated heterocycles. The predicted octanol–water partition coefficient (Wildman–Crippen LogP) is 3.79. The molecule has 0 aromatic rings. The van der Waals surface area contributed by atoms with Crippen molar-refractivity contribution in [1.29, 1.82) is 0 Å². The molecule has 0 saturated carbocycles. The van der Waals surface area contributed by atoms with Crippen LogP contribution in [0.4, 0.5) is 0 Å². The Morgan fingerprint density at radius 1 is 0.526 bits per heavy atom. The van der Waals surface area contributed by atoms with Gasteiger partial charge in [0.25, 0.3) is 0 Å². The van der Waals surface area contributed by atoms with Crippen molar-refractivity contribution in [2.75, 3.05) is 52.7 Å². The van der Waals surface area contributed by atoms with Crippen molar-refractivity contribution in [3.8, 4) is 0 Å². The Kier molecular flexibility index (Phi) is 27.9. The number of rotatable bonds is 30. The van der Waals surface area contributed by atoms with E-state index in [0.717, 1.165) is 51.2 Å². The summed E-state index contributed by atoms with van der Waals surface area (Å²) in [5, 5.41) is 14.3.